The second kappa shape index (κ2) is 7.39. The van der Waals surface area contributed by atoms with Gasteiger partial charge >= 0.3 is 0 Å². The number of hydrogen-bond acceptors (Lipinski definition) is 6. The molecular formula is C17H19N3O2S. The smallest absolute Gasteiger partial charge is 0.257 e. The number of rotatable bonds is 7. The van der Waals surface area contributed by atoms with Crippen LogP contribution in [0.5, 0.6) is 5.75 Å². The van der Waals surface area contributed by atoms with E-state index in [0.717, 1.165) is 24.4 Å². The monoisotopic (exact) mass is 329 g/mol. The van der Waals surface area contributed by atoms with Crippen LogP contribution in [-0.2, 0) is 13.1 Å². The number of aromatic nitrogens is 2. The third-order valence-corrected chi connectivity index (χ3v) is 4.44. The van der Waals surface area contributed by atoms with Gasteiger partial charge in [-0.3, -0.25) is 4.90 Å². The Bertz CT molecular complexity index is 723. The van der Waals surface area contributed by atoms with Gasteiger partial charge in [0.25, 0.3) is 5.89 Å². The number of nitrogens with zero attached hydrogens (tertiary/aromatic N) is 3. The molecule has 0 saturated carbocycles. The van der Waals surface area contributed by atoms with Crippen LogP contribution in [0.3, 0.4) is 0 Å². The van der Waals surface area contributed by atoms with E-state index >= 15 is 0 Å². The summed E-state index contributed by atoms with van der Waals surface area (Å²) in [5, 5.41) is 6.19. The quantitative estimate of drug-likeness (QED) is 0.659. The maximum Gasteiger partial charge on any atom is 0.257 e. The Morgan fingerprint density at radius 3 is 2.65 bits per heavy atom. The molecule has 0 N–H and O–H groups in total. The molecule has 0 radical (unpaired) electrons. The van der Waals surface area contributed by atoms with Crippen molar-refractivity contribution in [3.63, 3.8) is 0 Å². The summed E-state index contributed by atoms with van der Waals surface area (Å²) in [6, 6.07) is 11.8. The van der Waals surface area contributed by atoms with Gasteiger partial charge in [-0.2, -0.15) is 4.98 Å². The van der Waals surface area contributed by atoms with Gasteiger partial charge in [-0.15, -0.1) is 11.3 Å². The van der Waals surface area contributed by atoms with Crippen LogP contribution in [0, 0.1) is 0 Å². The maximum atomic E-state index is 5.38. The predicted octanol–water partition coefficient (Wildman–Crippen LogP) is 3.83. The summed E-state index contributed by atoms with van der Waals surface area (Å²) in [7, 11) is 1.65. The number of ether oxygens (including phenoxy) is 1. The number of thiophene rings is 1. The van der Waals surface area contributed by atoms with E-state index in [1.165, 1.54) is 4.88 Å². The van der Waals surface area contributed by atoms with E-state index in [9.17, 15) is 0 Å². The molecule has 1 aromatic carbocycles. The van der Waals surface area contributed by atoms with Crippen molar-refractivity contribution in [2.24, 2.45) is 0 Å². The molecule has 0 fully saturated rings. The standard InChI is InChI=1S/C17H19N3O2S/c1-3-20(11-15-5-4-10-23-15)12-16-18-17(22-19-16)13-6-8-14(21-2)9-7-13/h4-10H,3,11-12H2,1-2H3. The van der Waals surface area contributed by atoms with E-state index < -0.39 is 0 Å². The van der Waals surface area contributed by atoms with Gasteiger partial charge in [-0.1, -0.05) is 18.1 Å². The van der Waals surface area contributed by atoms with Gasteiger partial charge in [-0.25, -0.2) is 0 Å². The fourth-order valence-corrected chi connectivity index (χ4v) is 3.02. The molecule has 0 aliphatic heterocycles. The summed E-state index contributed by atoms with van der Waals surface area (Å²) < 4.78 is 10.5. The first-order chi connectivity index (χ1) is 11.3. The number of hydrogen-bond donors (Lipinski definition) is 0. The van der Waals surface area contributed by atoms with Crippen LogP contribution in [0.4, 0.5) is 0 Å². The van der Waals surface area contributed by atoms with Crippen LogP contribution in [-0.4, -0.2) is 28.7 Å². The SMILES string of the molecule is CCN(Cc1noc(-c2ccc(OC)cc2)n1)Cc1cccs1. The first kappa shape index (κ1) is 15.7. The lowest BCUT2D eigenvalue weighted by molar-refractivity contribution is 0.261. The Hall–Kier alpha value is -2.18. The fourth-order valence-electron chi connectivity index (χ4n) is 2.27. The van der Waals surface area contributed by atoms with Crippen LogP contribution in [0.1, 0.15) is 17.6 Å². The van der Waals surface area contributed by atoms with Crippen LogP contribution in [0.2, 0.25) is 0 Å². The van der Waals surface area contributed by atoms with Crippen molar-refractivity contribution in [3.8, 4) is 17.2 Å². The molecule has 0 saturated heterocycles. The average Bonchev–Trinajstić information content (AvgIpc) is 3.26. The molecule has 2 heterocycles. The molecule has 0 amide bonds. The normalized spacial score (nSPS) is 11.1. The molecule has 0 unspecified atom stereocenters. The Kier molecular flexibility index (Phi) is 5.05. The minimum atomic E-state index is 0.537. The molecule has 0 atom stereocenters. The molecule has 2 aromatic heterocycles. The molecule has 0 aliphatic rings. The topological polar surface area (TPSA) is 51.4 Å². The van der Waals surface area contributed by atoms with Crippen LogP contribution in [0.15, 0.2) is 46.3 Å². The molecular weight excluding hydrogens is 310 g/mol. The van der Waals surface area contributed by atoms with E-state index in [4.69, 9.17) is 9.26 Å². The van der Waals surface area contributed by atoms with Crippen LogP contribution >= 0.6 is 11.3 Å². The second-order valence-electron chi connectivity index (χ2n) is 5.13. The van der Waals surface area contributed by atoms with Gasteiger partial charge in [0.15, 0.2) is 5.82 Å². The average molecular weight is 329 g/mol. The molecule has 3 rings (SSSR count). The van der Waals surface area contributed by atoms with Crippen molar-refractivity contribution >= 4 is 11.3 Å². The minimum absolute atomic E-state index is 0.537. The molecule has 0 spiro atoms. The van der Waals surface area contributed by atoms with E-state index in [2.05, 4.69) is 39.5 Å². The molecule has 0 aliphatic carbocycles. The largest absolute Gasteiger partial charge is 0.497 e. The van der Waals surface area contributed by atoms with Gasteiger partial charge in [0.1, 0.15) is 5.75 Å². The maximum absolute atomic E-state index is 5.38. The van der Waals surface area contributed by atoms with Crippen molar-refractivity contribution in [3.05, 3.63) is 52.5 Å². The van der Waals surface area contributed by atoms with Crippen molar-refractivity contribution < 1.29 is 9.26 Å². The Labute approximate surface area is 139 Å². The molecule has 6 heteroatoms. The summed E-state index contributed by atoms with van der Waals surface area (Å²) in [6.07, 6.45) is 0. The lowest BCUT2D eigenvalue weighted by Crippen LogP contribution is -2.22. The Morgan fingerprint density at radius 2 is 2.00 bits per heavy atom. The molecule has 5 nitrogen and oxygen atoms in total. The van der Waals surface area contributed by atoms with Gasteiger partial charge in [-0.05, 0) is 42.3 Å². The van der Waals surface area contributed by atoms with Crippen molar-refractivity contribution in [1.82, 2.24) is 15.0 Å². The summed E-state index contributed by atoms with van der Waals surface area (Å²) in [5.74, 6) is 2.05. The Morgan fingerprint density at radius 1 is 1.17 bits per heavy atom. The molecule has 0 bridgehead atoms. The van der Waals surface area contributed by atoms with Gasteiger partial charge in [0.2, 0.25) is 0 Å². The van der Waals surface area contributed by atoms with E-state index in [1.54, 1.807) is 18.4 Å². The highest BCUT2D eigenvalue weighted by molar-refractivity contribution is 7.09. The van der Waals surface area contributed by atoms with E-state index in [-0.39, 0.29) is 0 Å². The first-order valence-electron chi connectivity index (χ1n) is 7.50. The highest BCUT2D eigenvalue weighted by atomic mass is 32.1. The second-order valence-corrected chi connectivity index (χ2v) is 6.16. The Balaban J connectivity index is 1.67. The highest BCUT2D eigenvalue weighted by Gasteiger charge is 2.13. The van der Waals surface area contributed by atoms with Crippen LogP contribution in [0.25, 0.3) is 11.5 Å². The summed E-state index contributed by atoms with van der Waals surface area (Å²) >= 11 is 1.76. The van der Waals surface area contributed by atoms with Crippen molar-refractivity contribution in [2.75, 3.05) is 13.7 Å². The molecule has 3 aromatic rings. The van der Waals surface area contributed by atoms with Crippen molar-refractivity contribution in [1.29, 1.82) is 0 Å². The lowest BCUT2D eigenvalue weighted by Gasteiger charge is -2.17. The summed E-state index contributed by atoms with van der Waals surface area (Å²) in [5.41, 5.74) is 0.894. The molecule has 23 heavy (non-hydrogen) atoms. The zero-order valence-corrected chi connectivity index (χ0v) is 14.0. The van der Waals surface area contributed by atoms with E-state index in [0.29, 0.717) is 18.3 Å². The zero-order valence-electron chi connectivity index (χ0n) is 13.2. The summed E-state index contributed by atoms with van der Waals surface area (Å²) in [6.45, 7) is 4.65. The fraction of sp³-hybridized carbons (Fsp3) is 0.294. The number of methoxy groups -OCH3 is 1. The van der Waals surface area contributed by atoms with E-state index in [1.807, 2.05) is 24.3 Å². The molecule has 120 valence electrons. The predicted molar refractivity (Wildman–Crippen MR) is 90.4 cm³/mol. The third kappa shape index (κ3) is 3.97. The van der Waals surface area contributed by atoms with Crippen LogP contribution < -0.4 is 4.74 Å². The summed E-state index contributed by atoms with van der Waals surface area (Å²) in [4.78, 5) is 8.12. The first-order valence-corrected chi connectivity index (χ1v) is 8.38. The van der Waals surface area contributed by atoms with Gasteiger partial charge in [0.05, 0.1) is 13.7 Å². The van der Waals surface area contributed by atoms with Gasteiger partial charge in [0, 0.05) is 17.0 Å². The zero-order chi connectivity index (χ0) is 16.1. The van der Waals surface area contributed by atoms with Crippen molar-refractivity contribution in [2.45, 2.75) is 20.0 Å². The third-order valence-electron chi connectivity index (χ3n) is 3.58. The number of benzene rings is 1. The lowest BCUT2D eigenvalue weighted by atomic mass is 10.2. The highest BCUT2D eigenvalue weighted by Crippen LogP contribution is 2.21. The van der Waals surface area contributed by atoms with Gasteiger partial charge < -0.3 is 9.26 Å². The minimum Gasteiger partial charge on any atom is -0.497 e.